The van der Waals surface area contributed by atoms with E-state index in [0.717, 1.165) is 11.0 Å². The molecule has 0 fully saturated rings. The molecule has 1 aromatic rings. The highest BCUT2D eigenvalue weighted by molar-refractivity contribution is 9.10. The molecule has 1 aromatic carbocycles. The number of hydrogen-bond donors (Lipinski definition) is 1. The Morgan fingerprint density at radius 3 is 2.75 bits per heavy atom. The molecule has 4 heteroatoms. The van der Waals surface area contributed by atoms with Gasteiger partial charge in [0.25, 0.3) is 0 Å². The summed E-state index contributed by atoms with van der Waals surface area (Å²) < 4.78 is 1.12. The van der Waals surface area contributed by atoms with Gasteiger partial charge in [-0.05, 0) is 25.5 Å². The summed E-state index contributed by atoms with van der Waals surface area (Å²) in [4.78, 5) is 6.50. The highest BCUT2D eigenvalue weighted by Gasteiger charge is 2.30. The molecule has 2 rings (SSSR count). The van der Waals surface area contributed by atoms with Crippen LogP contribution in [-0.2, 0) is 0 Å². The number of aliphatic imine (C=N–C) groups is 1. The van der Waals surface area contributed by atoms with Crippen LogP contribution in [0, 0.1) is 0 Å². The molecule has 1 aliphatic heterocycles. The molecule has 0 radical (unpaired) electrons. The van der Waals surface area contributed by atoms with E-state index in [9.17, 15) is 0 Å². The molecule has 0 aliphatic carbocycles. The fourth-order valence-corrected chi connectivity index (χ4v) is 2.68. The third-order valence-electron chi connectivity index (χ3n) is 2.85. The standard InChI is InChI=1S/C12H16BrN3/c1-8(2)16-11(7-15-12(16)14)9-5-3-4-6-10(9)13/h3-6,8,11H,7H2,1-2H3,(H2,14,15). The molecule has 1 atom stereocenters. The molecule has 0 spiro atoms. The largest absolute Gasteiger partial charge is 0.370 e. The van der Waals surface area contributed by atoms with E-state index in [4.69, 9.17) is 5.73 Å². The average Bonchev–Trinajstić information content (AvgIpc) is 2.61. The van der Waals surface area contributed by atoms with Gasteiger partial charge in [0.1, 0.15) is 0 Å². The number of rotatable bonds is 2. The molecule has 1 unspecified atom stereocenters. The normalized spacial score (nSPS) is 20.4. The molecule has 0 bridgehead atoms. The topological polar surface area (TPSA) is 41.6 Å². The number of nitrogens with two attached hydrogens (primary N) is 1. The lowest BCUT2D eigenvalue weighted by molar-refractivity contribution is 0.289. The maximum atomic E-state index is 5.92. The molecule has 0 aromatic heterocycles. The van der Waals surface area contributed by atoms with Crippen LogP contribution < -0.4 is 5.73 Å². The number of guanidine groups is 1. The number of hydrogen-bond acceptors (Lipinski definition) is 3. The van der Waals surface area contributed by atoms with Crippen molar-refractivity contribution in [3.05, 3.63) is 34.3 Å². The van der Waals surface area contributed by atoms with E-state index in [1.54, 1.807) is 0 Å². The van der Waals surface area contributed by atoms with Gasteiger partial charge in [0, 0.05) is 10.5 Å². The van der Waals surface area contributed by atoms with Crippen LogP contribution in [0.3, 0.4) is 0 Å². The Morgan fingerprint density at radius 2 is 2.12 bits per heavy atom. The molecule has 1 aliphatic rings. The Bertz CT molecular complexity index is 414. The van der Waals surface area contributed by atoms with Crippen molar-refractivity contribution in [1.82, 2.24) is 4.90 Å². The zero-order valence-corrected chi connectivity index (χ0v) is 11.1. The lowest BCUT2D eigenvalue weighted by Gasteiger charge is -2.30. The molecular weight excluding hydrogens is 266 g/mol. The van der Waals surface area contributed by atoms with Gasteiger partial charge in [-0.15, -0.1) is 0 Å². The van der Waals surface area contributed by atoms with Crippen LogP contribution in [0.1, 0.15) is 25.5 Å². The third-order valence-corrected chi connectivity index (χ3v) is 3.57. The minimum atomic E-state index is 0.260. The number of benzene rings is 1. The predicted octanol–water partition coefficient (Wildman–Crippen LogP) is 2.53. The summed E-state index contributed by atoms with van der Waals surface area (Å²) >= 11 is 3.58. The summed E-state index contributed by atoms with van der Waals surface area (Å²) in [7, 11) is 0. The van der Waals surface area contributed by atoms with Gasteiger partial charge in [-0.25, -0.2) is 0 Å². The van der Waals surface area contributed by atoms with Crippen LogP contribution in [-0.4, -0.2) is 23.4 Å². The van der Waals surface area contributed by atoms with Crippen LogP contribution in [0.5, 0.6) is 0 Å². The van der Waals surface area contributed by atoms with E-state index >= 15 is 0 Å². The molecule has 0 saturated heterocycles. The third kappa shape index (κ3) is 1.94. The van der Waals surface area contributed by atoms with E-state index in [0.29, 0.717) is 12.0 Å². The minimum Gasteiger partial charge on any atom is -0.370 e. The van der Waals surface area contributed by atoms with Crippen LogP contribution in [0.2, 0.25) is 0 Å². The van der Waals surface area contributed by atoms with Crippen molar-refractivity contribution in [1.29, 1.82) is 0 Å². The van der Waals surface area contributed by atoms with Gasteiger partial charge >= 0.3 is 0 Å². The molecule has 0 saturated carbocycles. The number of halogens is 1. The van der Waals surface area contributed by atoms with Crippen molar-refractivity contribution < 1.29 is 0 Å². The first-order valence-electron chi connectivity index (χ1n) is 5.44. The molecule has 1 heterocycles. The lowest BCUT2D eigenvalue weighted by atomic mass is 10.1. The fourth-order valence-electron chi connectivity index (χ4n) is 2.13. The SMILES string of the molecule is CC(C)N1C(N)=NCC1c1ccccc1Br. The van der Waals surface area contributed by atoms with E-state index in [1.165, 1.54) is 5.56 Å². The Kier molecular flexibility index (Phi) is 3.19. The number of nitrogens with zero attached hydrogens (tertiary/aromatic N) is 2. The highest BCUT2D eigenvalue weighted by atomic mass is 79.9. The van der Waals surface area contributed by atoms with Crippen LogP contribution >= 0.6 is 15.9 Å². The first-order chi connectivity index (χ1) is 7.61. The van der Waals surface area contributed by atoms with Gasteiger partial charge in [0.2, 0.25) is 0 Å². The minimum absolute atomic E-state index is 0.260. The van der Waals surface area contributed by atoms with Gasteiger partial charge in [-0.2, -0.15) is 0 Å². The molecule has 16 heavy (non-hydrogen) atoms. The van der Waals surface area contributed by atoms with E-state index in [2.05, 4.69) is 51.8 Å². The van der Waals surface area contributed by atoms with Gasteiger partial charge in [-0.1, -0.05) is 34.1 Å². The first kappa shape index (κ1) is 11.5. The van der Waals surface area contributed by atoms with Gasteiger partial charge in [-0.3, -0.25) is 4.99 Å². The van der Waals surface area contributed by atoms with E-state index in [1.807, 2.05) is 12.1 Å². The zero-order chi connectivity index (χ0) is 11.7. The van der Waals surface area contributed by atoms with Crippen molar-refractivity contribution in [2.45, 2.75) is 25.9 Å². The van der Waals surface area contributed by atoms with Crippen molar-refractivity contribution in [3.8, 4) is 0 Å². The summed E-state index contributed by atoms with van der Waals surface area (Å²) in [6, 6.07) is 8.87. The summed E-state index contributed by atoms with van der Waals surface area (Å²) in [6.07, 6.45) is 0. The van der Waals surface area contributed by atoms with Crippen molar-refractivity contribution in [2.24, 2.45) is 10.7 Å². The van der Waals surface area contributed by atoms with Crippen molar-refractivity contribution >= 4 is 21.9 Å². The monoisotopic (exact) mass is 281 g/mol. The summed E-state index contributed by atoms with van der Waals surface area (Å²) in [6.45, 7) is 5.02. The molecule has 2 N–H and O–H groups in total. The maximum Gasteiger partial charge on any atom is 0.192 e. The van der Waals surface area contributed by atoms with E-state index in [-0.39, 0.29) is 6.04 Å². The molecule has 86 valence electrons. The summed E-state index contributed by atoms with van der Waals surface area (Å²) in [5.41, 5.74) is 7.17. The summed E-state index contributed by atoms with van der Waals surface area (Å²) in [5.74, 6) is 0.649. The van der Waals surface area contributed by atoms with Crippen LogP contribution in [0.4, 0.5) is 0 Å². The predicted molar refractivity (Wildman–Crippen MR) is 70.3 cm³/mol. The maximum absolute atomic E-state index is 5.92. The average molecular weight is 282 g/mol. The van der Waals surface area contributed by atoms with Gasteiger partial charge in [0.15, 0.2) is 5.96 Å². The Morgan fingerprint density at radius 1 is 1.44 bits per heavy atom. The zero-order valence-electron chi connectivity index (χ0n) is 9.52. The highest BCUT2D eigenvalue weighted by Crippen LogP contribution is 2.32. The quantitative estimate of drug-likeness (QED) is 0.905. The van der Waals surface area contributed by atoms with Crippen molar-refractivity contribution in [2.75, 3.05) is 6.54 Å². The van der Waals surface area contributed by atoms with Crippen LogP contribution in [0.25, 0.3) is 0 Å². The second-order valence-electron chi connectivity index (χ2n) is 4.24. The van der Waals surface area contributed by atoms with Gasteiger partial charge in [0.05, 0.1) is 12.6 Å². The Balaban J connectivity index is 2.33. The van der Waals surface area contributed by atoms with Crippen LogP contribution in [0.15, 0.2) is 33.7 Å². The molecule has 0 amide bonds. The smallest absolute Gasteiger partial charge is 0.192 e. The summed E-state index contributed by atoms with van der Waals surface area (Å²) in [5, 5.41) is 0. The lowest BCUT2D eigenvalue weighted by Crippen LogP contribution is -2.41. The second kappa shape index (κ2) is 4.45. The Hall–Kier alpha value is -1.03. The molecular formula is C12H16BrN3. The fraction of sp³-hybridized carbons (Fsp3) is 0.417. The molecule has 3 nitrogen and oxygen atoms in total. The Labute approximate surface area is 104 Å². The second-order valence-corrected chi connectivity index (χ2v) is 5.09. The van der Waals surface area contributed by atoms with E-state index < -0.39 is 0 Å². The van der Waals surface area contributed by atoms with Crippen molar-refractivity contribution in [3.63, 3.8) is 0 Å². The first-order valence-corrected chi connectivity index (χ1v) is 6.23. The van der Waals surface area contributed by atoms with Gasteiger partial charge < -0.3 is 10.6 Å².